The molecule has 0 saturated heterocycles. The Morgan fingerprint density at radius 3 is 2.70 bits per heavy atom. The number of halogens is 2. The normalized spacial score (nSPS) is 9.40. The average Bonchev–Trinajstić information content (AvgIpc) is 1.88. The molecule has 2 nitrogen and oxygen atoms in total. The molecule has 0 unspecified atom stereocenters. The Hall–Kier alpha value is -0.960. The fourth-order valence-electron chi connectivity index (χ4n) is 0.572. The van der Waals surface area contributed by atoms with Crippen molar-refractivity contribution >= 4 is 17.3 Å². The van der Waals surface area contributed by atoms with Crippen molar-refractivity contribution in [2.45, 2.75) is 0 Å². The number of benzene rings is 1. The first-order valence-electron chi connectivity index (χ1n) is 2.56. The molecule has 0 radical (unpaired) electrons. The molecule has 0 bridgehead atoms. The molecule has 10 heavy (non-hydrogen) atoms. The highest BCUT2D eigenvalue weighted by Crippen LogP contribution is 2.20. The predicted molar refractivity (Wildman–Crippen MR) is 36.2 cm³/mol. The summed E-state index contributed by atoms with van der Waals surface area (Å²) in [5.74, 6) is -0.567. The number of hydrogen-bond donors (Lipinski definition) is 1. The number of rotatable bonds is 1. The van der Waals surface area contributed by atoms with Gasteiger partial charge in [-0.1, -0.05) is 11.6 Å². The van der Waals surface area contributed by atoms with Crippen LogP contribution in [-0.4, -0.2) is 0 Å². The lowest BCUT2D eigenvalue weighted by molar-refractivity contribution is 0.627. The van der Waals surface area contributed by atoms with Crippen molar-refractivity contribution in [3.8, 4) is 0 Å². The molecule has 4 heteroatoms. The molecule has 0 heterocycles. The maximum atomic E-state index is 12.6. The predicted octanol–water partition coefficient (Wildman–Crippen LogP) is 3.14. The zero-order valence-corrected chi connectivity index (χ0v) is 5.69. The second-order valence-electron chi connectivity index (χ2n) is 1.71. The fraction of sp³-hybridized carbons (Fsp3) is 0. The Morgan fingerprint density at radius 2 is 2.20 bits per heavy atom. The first-order valence-corrected chi connectivity index (χ1v) is 2.94. The molecule has 0 aromatic heterocycles. The van der Waals surface area contributed by atoms with Crippen molar-refractivity contribution in [3.63, 3.8) is 0 Å². The van der Waals surface area contributed by atoms with Gasteiger partial charge in [0.15, 0.2) is 5.82 Å². The quantitative estimate of drug-likeness (QED) is 0.610. The van der Waals surface area contributed by atoms with Crippen LogP contribution in [-0.2, 0) is 0 Å². The van der Waals surface area contributed by atoms with E-state index in [-0.39, 0.29) is 5.69 Å². The van der Waals surface area contributed by atoms with Gasteiger partial charge in [-0.05, 0) is 18.2 Å². The fourth-order valence-corrected chi connectivity index (χ4v) is 0.731. The molecule has 1 aromatic carbocycles. The summed E-state index contributed by atoms with van der Waals surface area (Å²) in [7, 11) is 0. The minimum absolute atomic E-state index is 0.00407. The first-order chi connectivity index (χ1) is 4.74. The van der Waals surface area contributed by atoms with Crippen molar-refractivity contribution in [3.05, 3.63) is 29.0 Å². The van der Waals surface area contributed by atoms with E-state index < -0.39 is 5.82 Å². The molecule has 0 aliphatic heterocycles. The van der Waals surface area contributed by atoms with Crippen LogP contribution in [0.3, 0.4) is 0 Å². The van der Waals surface area contributed by atoms with Crippen LogP contribution < -0.4 is 0 Å². The second-order valence-corrected chi connectivity index (χ2v) is 2.14. The summed E-state index contributed by atoms with van der Waals surface area (Å²) in [6.45, 7) is 0. The lowest BCUT2D eigenvalue weighted by Crippen LogP contribution is -1.73. The van der Waals surface area contributed by atoms with E-state index in [2.05, 4.69) is 5.11 Å². The molecule has 0 saturated carbocycles. The van der Waals surface area contributed by atoms with E-state index in [0.29, 0.717) is 5.02 Å². The third kappa shape index (κ3) is 1.30. The Bertz CT molecular complexity index is 262. The van der Waals surface area contributed by atoms with Crippen LogP contribution >= 0.6 is 11.6 Å². The van der Waals surface area contributed by atoms with Gasteiger partial charge in [0, 0.05) is 5.02 Å². The zero-order valence-electron chi connectivity index (χ0n) is 4.94. The molecule has 0 aliphatic carbocycles. The minimum Gasteiger partial charge on any atom is -0.204 e. The highest BCUT2D eigenvalue weighted by atomic mass is 35.5. The Labute approximate surface area is 62.1 Å². The van der Waals surface area contributed by atoms with Gasteiger partial charge in [-0.2, -0.15) is 5.11 Å². The molecule has 0 aliphatic rings. The summed E-state index contributed by atoms with van der Waals surface area (Å²) in [6.07, 6.45) is 0. The minimum atomic E-state index is -0.567. The van der Waals surface area contributed by atoms with E-state index in [1.54, 1.807) is 0 Å². The van der Waals surface area contributed by atoms with Crippen LogP contribution in [0.5, 0.6) is 0 Å². The molecule has 1 aromatic rings. The van der Waals surface area contributed by atoms with Crippen molar-refractivity contribution in [2.24, 2.45) is 5.11 Å². The van der Waals surface area contributed by atoms with Crippen molar-refractivity contribution < 1.29 is 4.39 Å². The summed E-state index contributed by atoms with van der Waals surface area (Å²) in [6, 6.07) is 3.96. The van der Waals surface area contributed by atoms with Crippen LogP contribution in [0.4, 0.5) is 10.1 Å². The van der Waals surface area contributed by atoms with Crippen LogP contribution in [0.15, 0.2) is 23.3 Å². The SMILES string of the molecule is N=Nc1ccc(Cl)cc1F. The molecule has 1 rings (SSSR count). The molecule has 52 valence electrons. The van der Waals surface area contributed by atoms with E-state index in [4.69, 9.17) is 17.1 Å². The Morgan fingerprint density at radius 1 is 1.50 bits per heavy atom. The van der Waals surface area contributed by atoms with Crippen molar-refractivity contribution in [1.82, 2.24) is 0 Å². The Balaban J connectivity index is 3.19. The molecule has 1 N–H and O–H groups in total. The van der Waals surface area contributed by atoms with Crippen molar-refractivity contribution in [1.29, 1.82) is 5.53 Å². The molecular weight excluding hydrogens is 155 g/mol. The van der Waals surface area contributed by atoms with Gasteiger partial charge >= 0.3 is 0 Å². The van der Waals surface area contributed by atoms with Gasteiger partial charge in [-0.15, -0.1) is 0 Å². The summed E-state index contributed by atoms with van der Waals surface area (Å²) in [5.41, 5.74) is 6.50. The van der Waals surface area contributed by atoms with E-state index in [1.165, 1.54) is 12.1 Å². The maximum absolute atomic E-state index is 12.6. The van der Waals surface area contributed by atoms with E-state index >= 15 is 0 Å². The molecular formula is C6H4ClFN2. The lowest BCUT2D eigenvalue weighted by atomic mass is 10.3. The van der Waals surface area contributed by atoms with Gasteiger partial charge in [0.05, 0.1) is 0 Å². The maximum Gasteiger partial charge on any atom is 0.152 e. The smallest absolute Gasteiger partial charge is 0.152 e. The van der Waals surface area contributed by atoms with Gasteiger partial charge in [0.2, 0.25) is 0 Å². The van der Waals surface area contributed by atoms with Crippen LogP contribution in [0.2, 0.25) is 5.02 Å². The third-order valence-electron chi connectivity index (χ3n) is 1.03. The molecule has 0 atom stereocenters. The first kappa shape index (κ1) is 7.15. The summed E-state index contributed by atoms with van der Waals surface area (Å²) in [5, 5.41) is 3.24. The topological polar surface area (TPSA) is 36.2 Å². The van der Waals surface area contributed by atoms with Gasteiger partial charge in [0.1, 0.15) is 5.69 Å². The summed E-state index contributed by atoms with van der Waals surface area (Å²) < 4.78 is 12.6. The van der Waals surface area contributed by atoms with Gasteiger partial charge in [0.25, 0.3) is 0 Å². The monoisotopic (exact) mass is 158 g/mol. The molecule has 0 spiro atoms. The van der Waals surface area contributed by atoms with Gasteiger partial charge in [-0.25, -0.2) is 9.92 Å². The third-order valence-corrected chi connectivity index (χ3v) is 1.27. The summed E-state index contributed by atoms with van der Waals surface area (Å²) in [4.78, 5) is 0. The van der Waals surface area contributed by atoms with Crippen LogP contribution in [0.25, 0.3) is 0 Å². The van der Waals surface area contributed by atoms with Crippen LogP contribution in [0.1, 0.15) is 0 Å². The highest BCUT2D eigenvalue weighted by Gasteiger charge is 1.99. The summed E-state index contributed by atoms with van der Waals surface area (Å²) >= 11 is 5.43. The largest absolute Gasteiger partial charge is 0.204 e. The zero-order chi connectivity index (χ0) is 7.56. The molecule has 0 amide bonds. The second kappa shape index (κ2) is 2.75. The standard InChI is InChI=1S/C6H4ClFN2/c7-4-1-2-6(10-9)5(8)3-4/h1-3,9H. The van der Waals surface area contributed by atoms with E-state index in [9.17, 15) is 4.39 Å². The van der Waals surface area contributed by atoms with E-state index in [0.717, 1.165) is 6.07 Å². The lowest BCUT2D eigenvalue weighted by Gasteiger charge is -1.92. The van der Waals surface area contributed by atoms with Gasteiger partial charge in [-0.3, -0.25) is 0 Å². The average molecular weight is 159 g/mol. The number of nitrogens with zero attached hydrogens (tertiary/aromatic N) is 1. The molecule has 0 fully saturated rings. The van der Waals surface area contributed by atoms with Crippen LogP contribution in [0, 0.1) is 11.3 Å². The Kier molecular flexibility index (Phi) is 1.97. The highest BCUT2D eigenvalue weighted by molar-refractivity contribution is 6.30. The van der Waals surface area contributed by atoms with Gasteiger partial charge < -0.3 is 0 Å². The van der Waals surface area contributed by atoms with Crippen molar-refractivity contribution in [2.75, 3.05) is 0 Å². The number of hydrogen-bond acceptors (Lipinski definition) is 2. The van der Waals surface area contributed by atoms with E-state index in [1.807, 2.05) is 0 Å². The number of nitrogens with one attached hydrogen (secondary N) is 1.